The molecule has 732 valence electrons. The number of rotatable bonds is 17. The number of carbonyl (C=O) groups is 2. The molecule has 18 aromatic rings. The SMILES string of the molecule is CC1(C)C(=O)N(Cl)C(=O)N1Cl.CPPF.O=c1[nH]cc(Br)c2cc(SCc3ccccc3)ccc12.O=c1[nH]ccc2cc(Br)ccc12.O=c1[nH]ccc2cc(SCc3ccccc3)ccc12.SCc1ccccc1.[C-]#[N+]c1c[nH]c(=O)c2ccc(SCc3ccccc3)cc12.[C-]#[N+]c1cnc(Cl)c2ccc(S(=O)(=O)Oc3c(F)c(F)c(F)c(F)c3F)cc12.[C-]#[N+]c1cnc(Cl)c2ccc(SCc3ccccc3)cc12. The van der Waals surface area contributed by atoms with Crippen LogP contribution < -0.4 is 26.4 Å². The molecule has 19 rings (SSSR count). The number of halogens is 12. The van der Waals surface area contributed by atoms with Crippen molar-refractivity contribution in [1.29, 1.82) is 0 Å². The highest BCUT2D eigenvalue weighted by molar-refractivity contribution is 9.11. The first kappa shape index (κ1) is 112. The fourth-order valence-corrected chi connectivity index (χ4v) is 19.4. The fraction of sp³-hybridized carbons (Fsp3) is 0.0865. The number of fused-ring (bicyclic) bond motifs is 6. The van der Waals surface area contributed by atoms with Gasteiger partial charge in [-0.05, 0) is 188 Å². The summed E-state index contributed by atoms with van der Waals surface area (Å²) in [5.74, 6) is -10.1. The maximum Gasteiger partial charge on any atom is 0.357 e. The molecule has 3 amide bonds. The number of urea groups is 1. The molecule has 4 N–H and O–H groups in total. The van der Waals surface area contributed by atoms with Crippen molar-refractivity contribution >= 4 is 259 Å². The fourth-order valence-electron chi connectivity index (χ4n) is 13.0. The Balaban J connectivity index is 0.000000159. The summed E-state index contributed by atoms with van der Waals surface area (Å²) in [5.41, 5.74) is 6.00. The smallest absolute Gasteiger partial charge is 0.357 e. The van der Waals surface area contributed by atoms with E-state index in [9.17, 15) is 63.3 Å². The summed E-state index contributed by atoms with van der Waals surface area (Å²) in [7, 11) is -4.87. The Kier molecular flexibility index (Phi) is 42.5. The number of benzene rings is 12. The first-order valence-corrected chi connectivity index (χ1v) is 54.5. The number of aromatic nitrogens is 6. The summed E-state index contributed by atoms with van der Waals surface area (Å²) in [6.07, 6.45) is 9.11. The second-order valence-corrected chi connectivity index (χ2v) is 42.3. The largest absolute Gasteiger partial charge is 0.372 e. The zero-order valence-corrected chi connectivity index (χ0v) is 88.5. The molecule has 0 radical (unpaired) electrons. The summed E-state index contributed by atoms with van der Waals surface area (Å²) in [5, 5.41) is 8.65. The van der Waals surface area contributed by atoms with Gasteiger partial charge in [0.05, 0.1) is 28.3 Å². The molecule has 1 saturated heterocycles. The van der Waals surface area contributed by atoms with Crippen molar-refractivity contribution in [1.82, 2.24) is 38.7 Å². The second-order valence-electron chi connectivity index (χ2n) is 30.3. The number of aromatic amines is 4. The van der Waals surface area contributed by atoms with Crippen molar-refractivity contribution in [2.45, 2.75) is 72.6 Å². The molecule has 0 bridgehead atoms. The van der Waals surface area contributed by atoms with Crippen molar-refractivity contribution in [3.05, 3.63) is 462 Å². The van der Waals surface area contributed by atoms with E-state index in [1.54, 1.807) is 77.8 Å². The molecular weight excluding hydrogens is 2220 g/mol. The predicted octanol–water partition coefficient (Wildman–Crippen LogP) is 30.9. The van der Waals surface area contributed by atoms with E-state index < -0.39 is 67.3 Å². The van der Waals surface area contributed by atoms with Crippen molar-refractivity contribution in [2.24, 2.45) is 0 Å². The highest BCUT2D eigenvalue weighted by Crippen LogP contribution is 2.40. The van der Waals surface area contributed by atoms with Crippen molar-refractivity contribution in [3.8, 4) is 5.75 Å². The molecule has 144 heavy (non-hydrogen) atoms. The van der Waals surface area contributed by atoms with Crippen molar-refractivity contribution in [3.63, 3.8) is 0 Å². The van der Waals surface area contributed by atoms with Gasteiger partial charge in [-0.15, -0.1) is 47.0 Å². The number of pyridine rings is 6. The summed E-state index contributed by atoms with van der Waals surface area (Å²) in [6.45, 7) is 26.4. The number of thioether (sulfide) groups is 4. The molecule has 2 atom stereocenters. The summed E-state index contributed by atoms with van der Waals surface area (Å²) < 4.78 is 110. The van der Waals surface area contributed by atoms with Crippen LogP contribution in [-0.4, -0.2) is 71.3 Å². The normalized spacial score (nSPS) is 11.7. The molecule has 40 heteroatoms. The van der Waals surface area contributed by atoms with Crippen LogP contribution >= 0.6 is 155 Å². The van der Waals surface area contributed by atoms with Crippen molar-refractivity contribution < 1.29 is 48.3 Å². The molecule has 1 aliphatic heterocycles. The molecule has 2 unspecified atom stereocenters. The lowest BCUT2D eigenvalue weighted by Crippen LogP contribution is -2.38. The lowest BCUT2D eigenvalue weighted by atomic mass is 10.1. The third-order valence-electron chi connectivity index (χ3n) is 20.4. The van der Waals surface area contributed by atoms with Crippen molar-refractivity contribution in [2.75, 3.05) is 6.66 Å². The van der Waals surface area contributed by atoms with Crippen LogP contribution in [0.15, 0.2) is 363 Å². The van der Waals surface area contributed by atoms with Crippen LogP contribution in [0, 0.1) is 48.8 Å². The molecule has 7 heterocycles. The molecular formula is C104H77Br2Cl4F6N11O9P2S6. The summed E-state index contributed by atoms with van der Waals surface area (Å²) in [6, 6.07) is 86.6. The van der Waals surface area contributed by atoms with E-state index in [0.29, 0.717) is 45.4 Å². The van der Waals surface area contributed by atoms with Crippen LogP contribution in [0.4, 0.5) is 48.0 Å². The summed E-state index contributed by atoms with van der Waals surface area (Å²) >= 11 is 40.7. The molecule has 6 aromatic heterocycles. The number of carbonyl (C=O) groups excluding carboxylic acids is 2. The Morgan fingerprint density at radius 2 is 0.785 bits per heavy atom. The lowest BCUT2D eigenvalue weighted by Gasteiger charge is -2.18. The van der Waals surface area contributed by atoms with Gasteiger partial charge in [-0.25, -0.2) is 41.1 Å². The molecule has 20 nitrogen and oxygen atoms in total. The zero-order chi connectivity index (χ0) is 104. The quantitative estimate of drug-likeness (QED) is 0.00486. The molecule has 0 saturated carbocycles. The number of hydrogen-bond acceptors (Lipinski definition) is 16. The van der Waals surface area contributed by atoms with Gasteiger partial charge in [0.1, 0.15) is 20.7 Å². The van der Waals surface area contributed by atoms with Gasteiger partial charge in [0.15, 0.2) is 0 Å². The van der Waals surface area contributed by atoms with Crippen LogP contribution in [-0.2, 0) is 43.7 Å². The zero-order valence-electron chi connectivity index (χ0n) is 75.3. The lowest BCUT2D eigenvalue weighted by molar-refractivity contribution is -0.127. The Labute approximate surface area is 885 Å². The molecule has 1 aliphatic rings. The third-order valence-corrected chi connectivity index (χ3v) is 29.6. The first-order valence-electron chi connectivity index (χ1n) is 42.2. The maximum atomic E-state index is 13.7. The average Bonchev–Trinajstić information content (AvgIpc) is 0.767. The van der Waals surface area contributed by atoms with Gasteiger partial charge in [0.25, 0.3) is 28.1 Å². The highest BCUT2D eigenvalue weighted by atomic mass is 79.9. The Bertz CT molecular complexity index is 8150. The van der Waals surface area contributed by atoms with Crippen LogP contribution in [0.2, 0.25) is 10.3 Å². The minimum atomic E-state index is -5.04. The number of nitrogens with one attached hydrogen (secondary N) is 4. The minimum absolute atomic E-state index is 0.0251. The molecule has 0 aliphatic carbocycles. The van der Waals surface area contributed by atoms with Gasteiger partial charge in [-0.3, -0.25) is 33.9 Å². The number of nitrogens with zero attached hydrogens (tertiary/aromatic N) is 7. The Hall–Kier alpha value is -12.2. The van der Waals surface area contributed by atoms with E-state index in [1.807, 2.05) is 164 Å². The monoisotopic (exact) mass is 2290 g/mol. The second kappa shape index (κ2) is 54.6. The number of H-pyrrole nitrogens is 4. The standard InChI is InChI=1S/C17H11ClN2S.C17H12N2OS.C16H12BrNOS.C16H4ClF5N2O3S.C16H13NOS.C9H6BrNO.C7H8S.C5H6Cl2N2O2.CH5FP2/c1-19-16-10-20-17(18)14-8-7-13(9-15(14)16)21-11-12-5-3-2-4-6-12;1-18-16-10-19-17(20)14-8-7-13(9-15(14)16)21-11-12-5-3-2-4-6-12;17-15-9-18-16(19)13-7-6-12(8-14(13)15)20-10-11-4-2-1-3-5-11;1-23-9-5-24-16(17)7-3-2-6(4-8(7)9)28(25,26)27-15-13(21)11(19)10(18)12(20)14(15)22;18-16-15-7-6-14(10-13(15)8-9-17-16)19-11-12-4-2-1-3-5-12;10-7-1-2-8-6(5-7)3-4-11-9(8)12;8-6-7-4-2-1-3-5-7;1-5(2)3(10)8(6)4(11)9(5)7;1-3-4-2/h2-10H,11H2;2-10H,11H2,(H,19,20);1-9H,10H2,(H,18,19);2-5H;1-10H,11H2,(H,17,18);1-5H,(H,11,12);1-5,8H,6H2;1-2H3;3-4H,1H3. The predicted molar refractivity (Wildman–Crippen MR) is 587 cm³/mol. The van der Waals surface area contributed by atoms with Gasteiger partial charge in [0.2, 0.25) is 51.9 Å². The van der Waals surface area contributed by atoms with E-state index in [4.69, 9.17) is 66.5 Å². The van der Waals surface area contributed by atoms with Gasteiger partial charge in [-0.2, -0.15) is 34.2 Å². The van der Waals surface area contributed by atoms with E-state index >= 15 is 0 Å². The maximum absolute atomic E-state index is 13.7. The van der Waals surface area contributed by atoms with Crippen LogP contribution in [0.25, 0.3) is 79.2 Å². The molecule has 1 fully saturated rings. The van der Waals surface area contributed by atoms with Crippen LogP contribution in [0.1, 0.15) is 41.7 Å². The van der Waals surface area contributed by atoms with Gasteiger partial charge >= 0.3 is 16.1 Å². The Morgan fingerprint density at radius 1 is 0.438 bits per heavy atom. The molecule has 12 aromatic carbocycles. The average molecular weight is 2290 g/mol. The van der Waals surface area contributed by atoms with Gasteiger partial charge < -0.3 is 24.1 Å². The molecule has 0 spiro atoms. The Morgan fingerprint density at radius 3 is 1.17 bits per heavy atom. The number of hydrogen-bond donors (Lipinski definition) is 5. The van der Waals surface area contributed by atoms with E-state index in [2.05, 4.69) is 178 Å². The number of amides is 3. The minimum Gasteiger partial charge on any atom is -0.372 e. The number of thiol groups is 1. The third kappa shape index (κ3) is 30.5. The van der Waals surface area contributed by atoms with Crippen LogP contribution in [0.3, 0.4) is 0 Å². The van der Waals surface area contributed by atoms with Gasteiger partial charge in [-0.1, -0.05) is 223 Å². The van der Waals surface area contributed by atoms with E-state index in [1.165, 1.54) is 59.0 Å². The number of imide groups is 1. The first-order chi connectivity index (χ1) is 69.2. The summed E-state index contributed by atoms with van der Waals surface area (Å²) in [4.78, 5) is 101. The van der Waals surface area contributed by atoms with Gasteiger partial charge in [0, 0.05) is 156 Å². The van der Waals surface area contributed by atoms with E-state index in [0.717, 1.165) is 119 Å². The highest BCUT2D eigenvalue weighted by Gasteiger charge is 2.51. The van der Waals surface area contributed by atoms with E-state index in [-0.39, 0.29) is 52.4 Å². The topological polar surface area (TPSA) is 254 Å². The van der Waals surface area contributed by atoms with Crippen LogP contribution in [0.5, 0.6) is 5.75 Å².